The summed E-state index contributed by atoms with van der Waals surface area (Å²) in [6.07, 6.45) is 1.77. The molecule has 104 valence electrons. The molecule has 1 fully saturated rings. The Bertz CT molecular complexity index is 288. The molecule has 0 aromatic heterocycles. The van der Waals surface area contributed by atoms with Gasteiger partial charge in [-0.3, -0.25) is 4.79 Å². The fraction of sp³-hybridized carbons (Fsp3) is 0.833. The normalized spacial score (nSPS) is 18.5. The lowest BCUT2D eigenvalue weighted by Crippen LogP contribution is -2.51. The Morgan fingerprint density at radius 2 is 2.00 bits per heavy atom. The van der Waals surface area contributed by atoms with Gasteiger partial charge in [0, 0.05) is 26.8 Å². The molecule has 0 spiro atoms. The molecule has 0 aromatic rings. The lowest BCUT2D eigenvalue weighted by atomic mass is 9.97. The summed E-state index contributed by atoms with van der Waals surface area (Å²) in [5.74, 6) is -0.510. The fourth-order valence-corrected chi connectivity index (χ4v) is 2.09. The summed E-state index contributed by atoms with van der Waals surface area (Å²) < 4.78 is 9.84. The van der Waals surface area contributed by atoms with Crippen LogP contribution in [0, 0.1) is 5.92 Å². The molecule has 6 nitrogen and oxygen atoms in total. The third-order valence-electron chi connectivity index (χ3n) is 3.14. The number of rotatable bonds is 5. The van der Waals surface area contributed by atoms with E-state index in [1.165, 1.54) is 0 Å². The van der Waals surface area contributed by atoms with Gasteiger partial charge in [-0.15, -0.1) is 0 Å². The van der Waals surface area contributed by atoms with Crippen LogP contribution in [0.25, 0.3) is 0 Å². The van der Waals surface area contributed by atoms with Crippen molar-refractivity contribution in [2.24, 2.45) is 11.7 Å². The number of piperidine rings is 1. The van der Waals surface area contributed by atoms with Crippen molar-refractivity contribution in [1.82, 2.24) is 4.90 Å². The van der Waals surface area contributed by atoms with E-state index in [9.17, 15) is 9.59 Å². The second-order valence-electron chi connectivity index (χ2n) is 4.45. The van der Waals surface area contributed by atoms with Crippen LogP contribution in [0.3, 0.4) is 0 Å². The minimum atomic E-state index is -1.19. The van der Waals surface area contributed by atoms with Crippen molar-refractivity contribution in [3.05, 3.63) is 0 Å². The first-order valence-corrected chi connectivity index (χ1v) is 6.30. The van der Waals surface area contributed by atoms with Crippen molar-refractivity contribution in [1.29, 1.82) is 0 Å². The molecule has 1 amide bonds. The quantitative estimate of drug-likeness (QED) is 0.544. The van der Waals surface area contributed by atoms with Crippen LogP contribution in [-0.4, -0.2) is 56.2 Å². The Labute approximate surface area is 107 Å². The summed E-state index contributed by atoms with van der Waals surface area (Å²) in [5, 5.41) is 0. The maximum Gasteiger partial charge on any atom is 0.332 e. The Morgan fingerprint density at radius 3 is 2.50 bits per heavy atom. The molecule has 1 rings (SSSR count). The van der Waals surface area contributed by atoms with Gasteiger partial charge in [0.15, 0.2) is 6.04 Å². The highest BCUT2D eigenvalue weighted by Gasteiger charge is 2.30. The van der Waals surface area contributed by atoms with Crippen LogP contribution in [0.5, 0.6) is 0 Å². The van der Waals surface area contributed by atoms with Crippen molar-refractivity contribution >= 4 is 11.9 Å². The molecule has 1 unspecified atom stereocenters. The van der Waals surface area contributed by atoms with E-state index in [1.54, 1.807) is 18.9 Å². The third-order valence-corrected chi connectivity index (χ3v) is 3.14. The van der Waals surface area contributed by atoms with E-state index in [0.717, 1.165) is 12.8 Å². The number of hydrogen-bond acceptors (Lipinski definition) is 5. The van der Waals surface area contributed by atoms with Gasteiger partial charge >= 0.3 is 5.97 Å². The molecular formula is C12H22N2O4. The number of carbonyl (C=O) groups is 2. The van der Waals surface area contributed by atoms with Gasteiger partial charge in [0.1, 0.15) is 0 Å². The zero-order chi connectivity index (χ0) is 13.5. The van der Waals surface area contributed by atoms with Gasteiger partial charge in [-0.05, 0) is 25.7 Å². The SMILES string of the molecule is CCOC(=O)C(N)C(=O)N1CCC(COC)CC1. The number of likely N-dealkylation sites (tertiary alicyclic amines) is 1. The Kier molecular flexibility index (Phi) is 6.07. The molecule has 1 aliphatic heterocycles. The van der Waals surface area contributed by atoms with Gasteiger partial charge in [-0.2, -0.15) is 0 Å². The van der Waals surface area contributed by atoms with E-state index in [1.807, 2.05) is 0 Å². The highest BCUT2D eigenvalue weighted by Crippen LogP contribution is 2.17. The smallest absolute Gasteiger partial charge is 0.332 e. The Balaban J connectivity index is 2.42. The first-order valence-electron chi connectivity index (χ1n) is 6.30. The van der Waals surface area contributed by atoms with Crippen LogP contribution in [0.15, 0.2) is 0 Å². The zero-order valence-electron chi connectivity index (χ0n) is 11.1. The number of hydrogen-bond donors (Lipinski definition) is 1. The first kappa shape index (κ1) is 14.9. The molecule has 0 aliphatic carbocycles. The standard InChI is InChI=1S/C12H22N2O4/c1-3-18-12(16)10(13)11(15)14-6-4-9(5-7-14)8-17-2/h9-10H,3-8,13H2,1-2H3. The number of esters is 1. The van der Waals surface area contributed by atoms with E-state index in [4.69, 9.17) is 15.2 Å². The summed E-state index contributed by atoms with van der Waals surface area (Å²) in [4.78, 5) is 25.0. The number of nitrogens with zero attached hydrogens (tertiary/aromatic N) is 1. The second-order valence-corrected chi connectivity index (χ2v) is 4.45. The fourth-order valence-electron chi connectivity index (χ4n) is 2.09. The number of ether oxygens (including phenoxy) is 2. The average Bonchev–Trinajstić information content (AvgIpc) is 2.38. The predicted octanol–water partition coefficient (Wildman–Crippen LogP) is -0.238. The van der Waals surface area contributed by atoms with Crippen molar-refractivity contribution in [3.63, 3.8) is 0 Å². The molecule has 6 heteroatoms. The number of methoxy groups -OCH3 is 1. The molecular weight excluding hydrogens is 236 g/mol. The van der Waals surface area contributed by atoms with Crippen molar-refractivity contribution in [2.75, 3.05) is 33.4 Å². The first-order chi connectivity index (χ1) is 8.60. The molecule has 1 heterocycles. The van der Waals surface area contributed by atoms with Gasteiger partial charge in [-0.25, -0.2) is 4.79 Å². The van der Waals surface area contributed by atoms with Crippen LogP contribution in [-0.2, 0) is 19.1 Å². The van der Waals surface area contributed by atoms with Gasteiger partial charge < -0.3 is 20.1 Å². The molecule has 0 bridgehead atoms. The van der Waals surface area contributed by atoms with Crippen molar-refractivity contribution in [2.45, 2.75) is 25.8 Å². The second kappa shape index (κ2) is 7.33. The van der Waals surface area contributed by atoms with Gasteiger partial charge in [0.05, 0.1) is 6.61 Å². The minimum Gasteiger partial charge on any atom is -0.464 e. The van der Waals surface area contributed by atoms with E-state index in [2.05, 4.69) is 0 Å². The number of carbonyl (C=O) groups excluding carboxylic acids is 2. The summed E-state index contributed by atoms with van der Waals surface area (Å²) in [6.45, 7) is 3.88. The van der Waals surface area contributed by atoms with Gasteiger partial charge in [0.2, 0.25) is 0 Å². The van der Waals surface area contributed by atoms with Crippen molar-refractivity contribution < 1.29 is 19.1 Å². The maximum atomic E-state index is 11.9. The molecule has 0 aromatic carbocycles. The highest BCUT2D eigenvalue weighted by molar-refractivity contribution is 6.01. The summed E-state index contributed by atoms with van der Waals surface area (Å²) >= 11 is 0. The van der Waals surface area contributed by atoms with Gasteiger partial charge in [-0.1, -0.05) is 0 Å². The van der Waals surface area contributed by atoms with Crippen molar-refractivity contribution in [3.8, 4) is 0 Å². The minimum absolute atomic E-state index is 0.232. The molecule has 2 N–H and O–H groups in total. The molecule has 1 aliphatic rings. The van der Waals surface area contributed by atoms with E-state index >= 15 is 0 Å². The lowest BCUT2D eigenvalue weighted by Gasteiger charge is -2.32. The van der Waals surface area contributed by atoms with Crippen LogP contribution < -0.4 is 5.73 Å². The van der Waals surface area contributed by atoms with Crippen LogP contribution in [0.1, 0.15) is 19.8 Å². The van der Waals surface area contributed by atoms with Crippen LogP contribution in [0.4, 0.5) is 0 Å². The maximum absolute atomic E-state index is 11.9. The Morgan fingerprint density at radius 1 is 1.39 bits per heavy atom. The number of nitrogens with two attached hydrogens (primary N) is 1. The van der Waals surface area contributed by atoms with Gasteiger partial charge in [0.25, 0.3) is 5.91 Å². The lowest BCUT2D eigenvalue weighted by molar-refractivity contribution is -0.151. The topological polar surface area (TPSA) is 81.9 Å². The molecule has 0 saturated carbocycles. The summed E-state index contributed by atoms with van der Waals surface area (Å²) in [6, 6.07) is -1.19. The highest BCUT2D eigenvalue weighted by atomic mass is 16.5. The molecule has 0 radical (unpaired) electrons. The summed E-state index contributed by atoms with van der Waals surface area (Å²) in [5.41, 5.74) is 5.58. The monoisotopic (exact) mass is 258 g/mol. The average molecular weight is 258 g/mol. The van der Waals surface area contributed by atoms with Crippen LogP contribution >= 0.6 is 0 Å². The van der Waals surface area contributed by atoms with E-state index in [0.29, 0.717) is 25.6 Å². The Hall–Kier alpha value is -1.14. The van der Waals surface area contributed by atoms with Crippen LogP contribution in [0.2, 0.25) is 0 Å². The number of amides is 1. The third kappa shape index (κ3) is 3.96. The molecule has 1 saturated heterocycles. The van der Waals surface area contributed by atoms with E-state index < -0.39 is 12.0 Å². The van der Waals surface area contributed by atoms with E-state index in [-0.39, 0.29) is 12.5 Å². The molecule has 18 heavy (non-hydrogen) atoms. The largest absolute Gasteiger partial charge is 0.464 e. The summed E-state index contributed by atoms with van der Waals surface area (Å²) in [7, 11) is 1.67. The molecule has 1 atom stereocenters. The zero-order valence-corrected chi connectivity index (χ0v) is 11.1. The predicted molar refractivity (Wildman–Crippen MR) is 65.8 cm³/mol.